The number of phosphoric acid groups is 4. The Morgan fingerprint density at radius 3 is 1.68 bits per heavy atom. The Morgan fingerprint density at radius 2 is 1.15 bits per heavy atom. The zero-order chi connectivity index (χ0) is 60.6. The molecule has 39 heteroatoms. The molecule has 3 aliphatic carbocycles. The van der Waals surface area contributed by atoms with Crippen molar-refractivity contribution in [3.05, 3.63) is 70.8 Å². The smallest absolute Gasteiger partial charge is 0.390 e. The maximum absolute atomic E-state index is 14.0. The van der Waals surface area contributed by atoms with Crippen molar-refractivity contribution in [2.24, 2.45) is 5.92 Å². The highest BCUT2D eigenvalue weighted by molar-refractivity contribution is 7.99. The van der Waals surface area contributed by atoms with Crippen LogP contribution in [-0.2, 0) is 40.2 Å². The van der Waals surface area contributed by atoms with Gasteiger partial charge in [0, 0.05) is 41.3 Å². The maximum Gasteiger partial charge on any atom is 0.490 e. The molecule has 10 N–H and O–H groups in total. The minimum absolute atomic E-state index is 0.102. The van der Waals surface area contributed by atoms with Crippen LogP contribution in [-0.4, -0.2) is 151 Å². The van der Waals surface area contributed by atoms with Crippen molar-refractivity contribution in [3.8, 4) is 0 Å². The van der Waals surface area contributed by atoms with Gasteiger partial charge in [-0.15, -0.1) is 10.2 Å². The van der Waals surface area contributed by atoms with Gasteiger partial charge in [-0.3, -0.25) is 9.05 Å². The summed E-state index contributed by atoms with van der Waals surface area (Å²) >= 11 is 2.61. The first-order valence-electron chi connectivity index (χ1n) is 26.1. The van der Waals surface area contributed by atoms with Gasteiger partial charge in [-0.2, -0.15) is 12.9 Å². The summed E-state index contributed by atoms with van der Waals surface area (Å²) in [5.41, 5.74) is 1.73. The van der Waals surface area contributed by atoms with Crippen LogP contribution >= 0.6 is 54.8 Å². The highest BCUT2D eigenvalue weighted by Gasteiger charge is 2.49. The number of rotatable bonds is 30. The lowest BCUT2D eigenvalue weighted by Crippen LogP contribution is -2.36. The van der Waals surface area contributed by atoms with Gasteiger partial charge in [-0.25, -0.2) is 65.1 Å². The summed E-state index contributed by atoms with van der Waals surface area (Å²) in [6, 6.07) is 4.63. The summed E-state index contributed by atoms with van der Waals surface area (Å²) in [5, 5.41) is 68.4. The lowest BCUT2D eigenvalue weighted by molar-refractivity contribution is -0.0267. The molecule has 29 nitrogen and oxygen atoms in total. The quantitative estimate of drug-likeness (QED) is 0.00960. The molecule has 460 valence electrons. The molecule has 84 heavy (non-hydrogen) atoms. The lowest BCUT2D eigenvalue weighted by Gasteiger charge is -2.26. The molecular formula is C45H58F4N12O17P4S2. The Hall–Kier alpha value is -4.18. The van der Waals surface area contributed by atoms with E-state index in [2.05, 4.69) is 68.6 Å². The second-order valence-corrected chi connectivity index (χ2v) is 28.3. The molecule has 15 atom stereocenters. The first-order chi connectivity index (χ1) is 39.7. The first-order valence-corrected chi connectivity index (χ1v) is 34.1. The van der Waals surface area contributed by atoms with Gasteiger partial charge in [-0.1, -0.05) is 66.9 Å². The van der Waals surface area contributed by atoms with Crippen molar-refractivity contribution in [1.82, 2.24) is 49.9 Å². The van der Waals surface area contributed by atoms with E-state index in [0.29, 0.717) is 40.6 Å². The molecule has 3 fully saturated rings. The number of hydrogen-bond donors (Lipinski definition) is 10. The van der Waals surface area contributed by atoms with Crippen molar-refractivity contribution in [2.45, 2.75) is 136 Å². The number of benzene rings is 2. The summed E-state index contributed by atoms with van der Waals surface area (Å²) in [6.07, 6.45) is -5.01. The number of aromatic nitrogens is 10. The number of halogens is 4. The lowest BCUT2D eigenvalue weighted by atomic mass is 10.0. The molecule has 0 radical (unpaired) electrons. The maximum atomic E-state index is 14.0. The highest BCUT2D eigenvalue weighted by Crippen LogP contribution is 2.71. The van der Waals surface area contributed by atoms with Crippen LogP contribution < -0.4 is 10.6 Å². The van der Waals surface area contributed by atoms with Gasteiger partial charge in [0.15, 0.2) is 67.5 Å². The summed E-state index contributed by atoms with van der Waals surface area (Å²) in [7, 11) is -24.1. The zero-order valence-corrected chi connectivity index (χ0v) is 49.6. The van der Waals surface area contributed by atoms with Gasteiger partial charge in [-0.05, 0) is 80.3 Å². The van der Waals surface area contributed by atoms with Gasteiger partial charge in [0.1, 0.15) is 12.2 Å². The van der Waals surface area contributed by atoms with Gasteiger partial charge in [0.05, 0.1) is 37.5 Å². The average Bonchev–Trinajstić information content (AvgIpc) is 2.19. The Kier molecular flexibility index (Phi) is 20.1. The Labute approximate surface area is 483 Å². The van der Waals surface area contributed by atoms with Crippen LogP contribution in [0.3, 0.4) is 0 Å². The topological polar surface area (TPSA) is 413 Å². The van der Waals surface area contributed by atoms with E-state index >= 15 is 0 Å². The van der Waals surface area contributed by atoms with E-state index in [-0.39, 0.29) is 75.9 Å². The molecule has 0 spiro atoms. The predicted octanol–water partition coefficient (Wildman–Crippen LogP) is 6.78. The fourth-order valence-electron chi connectivity index (χ4n) is 9.51. The molecule has 0 saturated heterocycles. The number of phosphoric ester groups is 2. The third-order valence-corrected chi connectivity index (χ3v) is 21.8. The molecule has 2 aromatic carbocycles. The Morgan fingerprint density at radius 1 is 0.655 bits per heavy atom. The number of nitrogens with zero attached hydrogens (tertiary/aromatic N) is 10. The highest BCUT2D eigenvalue weighted by atomic mass is 32.2. The number of anilines is 2. The summed E-state index contributed by atoms with van der Waals surface area (Å²) in [6.45, 7) is 3.57. The summed E-state index contributed by atoms with van der Waals surface area (Å²) in [4.78, 5) is 59.4. The van der Waals surface area contributed by atoms with E-state index in [1.54, 1.807) is 6.92 Å². The summed E-state index contributed by atoms with van der Waals surface area (Å²) in [5.74, 6) is -3.78. The third kappa shape index (κ3) is 15.4. The van der Waals surface area contributed by atoms with Crippen LogP contribution in [0.15, 0.2) is 46.7 Å². The molecule has 8 unspecified atom stereocenters. The second-order valence-electron chi connectivity index (χ2n) is 20.0. The van der Waals surface area contributed by atoms with Crippen molar-refractivity contribution >= 4 is 88.8 Å². The Balaban J connectivity index is 0.769. The van der Waals surface area contributed by atoms with Crippen LogP contribution in [0.1, 0.15) is 101 Å². The Bertz CT molecular complexity index is 3580. The van der Waals surface area contributed by atoms with Crippen LogP contribution in [0.25, 0.3) is 22.3 Å². The normalized spacial score (nSPS) is 25.4. The van der Waals surface area contributed by atoms with Crippen molar-refractivity contribution in [1.29, 1.82) is 0 Å². The largest absolute Gasteiger partial charge is 0.490 e. The van der Waals surface area contributed by atoms with Gasteiger partial charge < -0.3 is 50.6 Å². The van der Waals surface area contributed by atoms with E-state index in [4.69, 9.17) is 4.52 Å². The molecule has 4 heterocycles. The van der Waals surface area contributed by atoms with Crippen LogP contribution in [0.2, 0.25) is 0 Å². The van der Waals surface area contributed by atoms with Crippen molar-refractivity contribution in [3.63, 3.8) is 0 Å². The van der Waals surface area contributed by atoms with E-state index in [1.807, 2.05) is 13.8 Å². The van der Waals surface area contributed by atoms with E-state index in [0.717, 1.165) is 37.1 Å². The molecule has 3 aliphatic rings. The second kappa shape index (κ2) is 26.3. The minimum Gasteiger partial charge on any atom is -0.390 e. The van der Waals surface area contributed by atoms with Crippen LogP contribution in [0, 0.1) is 29.2 Å². The molecule has 0 bridgehead atoms. The van der Waals surface area contributed by atoms with E-state index < -0.39 is 117 Å². The number of fused-ring (bicyclic) bond motifs is 2. The molecule has 9 rings (SSSR count). The van der Waals surface area contributed by atoms with Gasteiger partial charge >= 0.3 is 31.3 Å². The molecule has 6 aromatic rings. The standard InChI is InChI=1S/C45H58F4N12O17P4S2/c1-4-13-83-44-52-40(50-30-18-24(30)21-7-9-26(46)28(48)15-21)35-42(54-44)60(58-56-35)32(6-3)38(64)34(62)11-12-74-79(66,67)76-81(70,71)78-82(72,73)77-80(68,69)75-20-23-17-33(39(65)37(23)63)61-43-36(57-59-61)41(53-45(55-43)84-14-5-2)51-31-19-25(31)22-8-10-27(47)29(49)16-22/h7-10,15-16,23-25,30-34,37-39,62-65H,4-6,11-14,17-20H2,1-3H3,(H,66,67)(H,68,69)(H,70,71)(H,72,73)(H,50,52,54)(H,51,53,55)/t23-,24?,25?,30?,31?,32-,33-,34-,37-,38+,39+/m1/s1. The predicted molar refractivity (Wildman–Crippen MR) is 290 cm³/mol. The van der Waals surface area contributed by atoms with Gasteiger partial charge in [0.25, 0.3) is 0 Å². The zero-order valence-electron chi connectivity index (χ0n) is 44.4. The summed E-state index contributed by atoms with van der Waals surface area (Å²) < 4.78 is 130. The minimum atomic E-state index is -6.26. The molecule has 3 saturated carbocycles. The number of aliphatic hydroxyl groups excluding tert-OH is 4. The monoisotopic (exact) mass is 1300 g/mol. The fraction of sp³-hybridized carbons (Fsp3) is 0.556. The van der Waals surface area contributed by atoms with Crippen LogP contribution in [0.5, 0.6) is 0 Å². The van der Waals surface area contributed by atoms with E-state index in [9.17, 15) is 75.8 Å². The number of aliphatic hydroxyl groups is 4. The number of hydrogen-bond acceptors (Lipinski definition) is 25. The molecule has 0 aliphatic heterocycles. The number of thioether (sulfide) groups is 2. The van der Waals surface area contributed by atoms with E-state index in [1.165, 1.54) is 45.0 Å². The SMILES string of the molecule is CCCSc1nc(NC2CC2c2ccc(F)c(F)c2)c2nnn([C@@H]3C[C@H](COP(=O)(O)OP(=O)(O)OP(=O)(O)OP(=O)(O)OCC[C@@H](O)[C@@H](O)[C@@H](CC)n4nnc5c(NC6CC6c6ccc(F)c(F)c6)nc(SCCC)nc54)[C@@H](O)[C@H]3O)c2n1. The van der Waals surface area contributed by atoms with Crippen molar-refractivity contribution < 1.29 is 97.8 Å². The van der Waals surface area contributed by atoms with Crippen molar-refractivity contribution in [2.75, 3.05) is 35.4 Å². The van der Waals surface area contributed by atoms with Crippen LogP contribution in [0.4, 0.5) is 29.2 Å². The fourth-order valence-corrected chi connectivity index (χ4v) is 15.9. The third-order valence-electron chi connectivity index (χ3n) is 13.8. The molecule has 0 amide bonds. The number of nitrogens with one attached hydrogen (secondary N) is 2. The molecular weight excluding hydrogens is 1240 g/mol. The molecule has 4 aromatic heterocycles. The van der Waals surface area contributed by atoms with Gasteiger partial charge in [0.2, 0.25) is 0 Å². The first kappa shape index (κ1) is 64.3. The average molecular weight is 1300 g/mol.